The molecule has 29 heavy (non-hydrogen) atoms. The highest BCUT2D eigenvalue weighted by Gasteiger charge is 2.44. The molecule has 2 fully saturated rings. The Morgan fingerprint density at radius 3 is 2.90 bits per heavy atom. The number of aliphatic hydroxyl groups is 1. The van der Waals surface area contributed by atoms with Crippen molar-refractivity contribution in [1.29, 1.82) is 0 Å². The molecule has 0 spiro atoms. The maximum atomic E-state index is 13.7. The molecular formula is C22H26ClF2NO3. The Hall–Kier alpha value is -1.50. The molecule has 1 N–H and O–H groups in total. The van der Waals surface area contributed by atoms with E-state index in [1.165, 1.54) is 0 Å². The summed E-state index contributed by atoms with van der Waals surface area (Å²) in [6, 6.07) is 5.54. The van der Waals surface area contributed by atoms with Crippen molar-refractivity contribution in [3.63, 3.8) is 0 Å². The number of fused-ring (bicyclic) bond motifs is 1. The molecule has 2 aliphatic rings. The van der Waals surface area contributed by atoms with Gasteiger partial charge in [-0.2, -0.15) is 0 Å². The van der Waals surface area contributed by atoms with Gasteiger partial charge in [-0.25, -0.2) is 8.78 Å². The van der Waals surface area contributed by atoms with Crippen LogP contribution in [0.15, 0.2) is 24.4 Å². The highest BCUT2D eigenvalue weighted by Crippen LogP contribution is 2.41. The normalized spacial score (nSPS) is 26.8. The summed E-state index contributed by atoms with van der Waals surface area (Å²) >= 11 is 6.41. The van der Waals surface area contributed by atoms with E-state index in [4.69, 9.17) is 16.3 Å². The molecule has 158 valence electrons. The summed E-state index contributed by atoms with van der Waals surface area (Å²) in [5, 5.41) is 11.8. The smallest absolute Gasteiger partial charge is 0.250 e. The first-order valence-corrected chi connectivity index (χ1v) is 10.6. The van der Waals surface area contributed by atoms with Gasteiger partial charge >= 0.3 is 0 Å². The van der Waals surface area contributed by atoms with Crippen LogP contribution >= 0.6 is 11.6 Å². The standard InChI is InChI=1S/C22H26ClF2NO3/c23-17-3-1-4-18-20(17)16(12-26(18)11-15-6-10-29-13-15)19(27)5-9-21(28)7-2-8-22(24,25)14-21/h1,3-4,12,15,28H,2,5-11,13-14H2. The predicted octanol–water partition coefficient (Wildman–Crippen LogP) is 5.23. The van der Waals surface area contributed by atoms with E-state index in [9.17, 15) is 18.7 Å². The Balaban J connectivity index is 1.55. The van der Waals surface area contributed by atoms with E-state index in [-0.39, 0.29) is 31.5 Å². The van der Waals surface area contributed by atoms with Crippen molar-refractivity contribution in [3.05, 3.63) is 35.0 Å². The molecule has 1 saturated carbocycles. The average molecular weight is 426 g/mol. The first-order valence-electron chi connectivity index (χ1n) is 10.2. The molecule has 1 aromatic carbocycles. The summed E-state index contributed by atoms with van der Waals surface area (Å²) < 4.78 is 35.0. The molecule has 0 bridgehead atoms. The first-order chi connectivity index (χ1) is 13.8. The fraction of sp³-hybridized carbons (Fsp3) is 0.591. The summed E-state index contributed by atoms with van der Waals surface area (Å²) in [7, 11) is 0. The Morgan fingerprint density at radius 2 is 2.17 bits per heavy atom. The summed E-state index contributed by atoms with van der Waals surface area (Å²) in [5.41, 5.74) is -0.104. The van der Waals surface area contributed by atoms with Crippen LogP contribution in [-0.2, 0) is 11.3 Å². The number of aromatic nitrogens is 1. The van der Waals surface area contributed by atoms with Crippen molar-refractivity contribution in [2.45, 2.75) is 63.0 Å². The molecule has 0 radical (unpaired) electrons. The number of benzene rings is 1. The van der Waals surface area contributed by atoms with Crippen molar-refractivity contribution >= 4 is 28.3 Å². The lowest BCUT2D eigenvalue weighted by Crippen LogP contribution is -2.41. The monoisotopic (exact) mass is 425 g/mol. The van der Waals surface area contributed by atoms with Crippen LogP contribution in [0.25, 0.3) is 10.9 Å². The van der Waals surface area contributed by atoms with Crippen LogP contribution in [0.3, 0.4) is 0 Å². The Labute approximate surface area is 173 Å². The molecule has 2 atom stereocenters. The van der Waals surface area contributed by atoms with Gasteiger partial charge in [-0.1, -0.05) is 17.7 Å². The number of halogens is 3. The number of hydrogen-bond acceptors (Lipinski definition) is 3. The second kappa shape index (κ2) is 7.97. The molecule has 1 aliphatic heterocycles. The topological polar surface area (TPSA) is 51.5 Å². The molecule has 2 aromatic rings. The zero-order valence-corrected chi connectivity index (χ0v) is 17.1. The van der Waals surface area contributed by atoms with E-state index in [1.54, 1.807) is 6.07 Å². The average Bonchev–Trinajstić information content (AvgIpc) is 3.28. The van der Waals surface area contributed by atoms with Gasteiger partial charge in [0.05, 0.1) is 22.7 Å². The van der Waals surface area contributed by atoms with Crippen molar-refractivity contribution in [1.82, 2.24) is 4.57 Å². The summed E-state index contributed by atoms with van der Waals surface area (Å²) in [4.78, 5) is 13.0. The number of ether oxygens (including phenoxy) is 1. The minimum atomic E-state index is -2.86. The third-order valence-corrected chi connectivity index (χ3v) is 6.54. The van der Waals surface area contributed by atoms with Gasteiger partial charge in [-0.15, -0.1) is 0 Å². The largest absolute Gasteiger partial charge is 0.390 e. The molecule has 1 saturated heterocycles. The number of carbonyl (C=O) groups is 1. The third kappa shape index (κ3) is 4.49. The van der Waals surface area contributed by atoms with Crippen LogP contribution in [0.1, 0.15) is 55.3 Å². The number of Topliss-reactive ketones (excluding diaryl/α,β-unsaturated/α-hetero) is 1. The van der Waals surface area contributed by atoms with Crippen LogP contribution in [0, 0.1) is 5.92 Å². The Morgan fingerprint density at radius 1 is 1.34 bits per heavy atom. The minimum absolute atomic E-state index is 0.0173. The summed E-state index contributed by atoms with van der Waals surface area (Å²) in [6.07, 6.45) is 2.65. The van der Waals surface area contributed by atoms with Crippen molar-refractivity contribution in [3.8, 4) is 0 Å². The summed E-state index contributed by atoms with van der Waals surface area (Å²) in [6.45, 7) is 2.19. The third-order valence-electron chi connectivity index (χ3n) is 6.22. The van der Waals surface area contributed by atoms with Crippen LogP contribution in [0.5, 0.6) is 0 Å². The van der Waals surface area contributed by atoms with Crippen LogP contribution in [0.2, 0.25) is 5.02 Å². The number of ketones is 1. The molecule has 2 unspecified atom stereocenters. The lowest BCUT2D eigenvalue weighted by molar-refractivity contribution is -0.126. The molecule has 2 heterocycles. The molecular weight excluding hydrogens is 400 g/mol. The Bertz CT molecular complexity index is 907. The van der Waals surface area contributed by atoms with Gasteiger partial charge in [0, 0.05) is 55.5 Å². The van der Waals surface area contributed by atoms with E-state index in [1.807, 2.05) is 22.9 Å². The second-order valence-electron chi connectivity index (χ2n) is 8.59. The fourth-order valence-electron chi connectivity index (χ4n) is 4.71. The lowest BCUT2D eigenvalue weighted by atomic mass is 9.79. The van der Waals surface area contributed by atoms with E-state index in [0.717, 1.165) is 25.1 Å². The zero-order valence-electron chi connectivity index (χ0n) is 16.3. The maximum absolute atomic E-state index is 13.7. The molecule has 4 rings (SSSR count). The molecule has 4 nitrogen and oxygen atoms in total. The van der Waals surface area contributed by atoms with Gasteiger partial charge in [0.1, 0.15) is 0 Å². The van der Waals surface area contributed by atoms with Gasteiger partial charge < -0.3 is 14.4 Å². The van der Waals surface area contributed by atoms with Crippen molar-refractivity contribution in [2.24, 2.45) is 5.92 Å². The quantitative estimate of drug-likeness (QED) is 0.644. The van der Waals surface area contributed by atoms with Gasteiger partial charge in [-0.3, -0.25) is 4.79 Å². The van der Waals surface area contributed by atoms with E-state index < -0.39 is 17.9 Å². The van der Waals surface area contributed by atoms with Crippen LogP contribution < -0.4 is 0 Å². The highest BCUT2D eigenvalue weighted by molar-refractivity contribution is 6.37. The van der Waals surface area contributed by atoms with Gasteiger partial charge in [0.2, 0.25) is 0 Å². The molecule has 7 heteroatoms. The summed E-state index contributed by atoms with van der Waals surface area (Å²) in [5.74, 6) is -2.65. The molecule has 1 aromatic heterocycles. The fourth-order valence-corrected chi connectivity index (χ4v) is 4.98. The van der Waals surface area contributed by atoms with Gasteiger partial charge in [0.15, 0.2) is 5.78 Å². The number of nitrogens with zero attached hydrogens (tertiary/aromatic N) is 1. The minimum Gasteiger partial charge on any atom is -0.390 e. The van der Waals surface area contributed by atoms with Gasteiger partial charge in [0.25, 0.3) is 5.92 Å². The van der Waals surface area contributed by atoms with Crippen LogP contribution in [0.4, 0.5) is 8.78 Å². The number of alkyl halides is 2. The SMILES string of the molecule is O=C(CCC1(O)CCCC(F)(F)C1)c1cn(CC2CCOC2)c2cccc(Cl)c12. The van der Waals surface area contributed by atoms with Gasteiger partial charge in [-0.05, 0) is 37.8 Å². The second-order valence-corrected chi connectivity index (χ2v) is 9.00. The predicted molar refractivity (Wildman–Crippen MR) is 108 cm³/mol. The lowest BCUT2D eigenvalue weighted by Gasteiger charge is -2.36. The number of carbonyl (C=O) groups excluding carboxylic acids is 1. The Kier molecular flexibility index (Phi) is 5.70. The zero-order chi connectivity index (χ0) is 20.6. The van der Waals surface area contributed by atoms with Crippen molar-refractivity contribution in [2.75, 3.05) is 13.2 Å². The van der Waals surface area contributed by atoms with Crippen LogP contribution in [-0.4, -0.2) is 40.2 Å². The maximum Gasteiger partial charge on any atom is 0.250 e. The number of rotatable bonds is 6. The van der Waals surface area contributed by atoms with Crippen molar-refractivity contribution < 1.29 is 23.4 Å². The first kappa shape index (κ1) is 20.8. The molecule has 1 aliphatic carbocycles. The van der Waals surface area contributed by atoms with E-state index in [2.05, 4.69) is 0 Å². The number of hydrogen-bond donors (Lipinski definition) is 1. The highest BCUT2D eigenvalue weighted by atomic mass is 35.5. The van der Waals surface area contributed by atoms with E-state index >= 15 is 0 Å². The van der Waals surface area contributed by atoms with E-state index in [0.29, 0.717) is 34.9 Å². The molecule has 0 amide bonds.